The second-order valence-electron chi connectivity index (χ2n) is 17.4. The highest BCUT2D eigenvalue weighted by Gasteiger charge is 2.42. The second-order valence-corrected chi connectivity index (χ2v) is 18.8. The molecule has 0 heterocycles. The van der Waals surface area contributed by atoms with E-state index in [2.05, 4.69) is 153 Å². The Morgan fingerprint density at radius 1 is 0.923 bits per heavy atom. The van der Waals surface area contributed by atoms with Gasteiger partial charge in [0.15, 0.2) is 0 Å². The fraction of sp³-hybridized carbons (Fsp3) is 0.480. The normalized spacial score (nSPS) is 16.8. The molecule has 1 unspecified atom stereocenters. The van der Waals surface area contributed by atoms with Gasteiger partial charge in [0, 0.05) is 11.1 Å². The predicted molar refractivity (Wildman–Crippen MR) is 236 cm³/mol. The summed E-state index contributed by atoms with van der Waals surface area (Å²) < 4.78 is 0. The fourth-order valence-corrected chi connectivity index (χ4v) is 9.21. The van der Waals surface area contributed by atoms with Gasteiger partial charge >= 0.3 is 0 Å². The van der Waals surface area contributed by atoms with Crippen LogP contribution >= 0.6 is 23.4 Å². The summed E-state index contributed by atoms with van der Waals surface area (Å²) >= 11 is 8.32. The van der Waals surface area contributed by atoms with Crippen molar-refractivity contribution in [3.05, 3.63) is 143 Å². The Bertz CT molecular complexity index is 1740. The summed E-state index contributed by atoms with van der Waals surface area (Å²) in [5.74, 6) is 1.75. The quantitative estimate of drug-likeness (QED) is 0.0712. The minimum absolute atomic E-state index is 0.109. The highest BCUT2D eigenvalue weighted by molar-refractivity contribution is 7.99. The fourth-order valence-electron chi connectivity index (χ4n) is 7.45. The van der Waals surface area contributed by atoms with Crippen molar-refractivity contribution in [3.8, 4) is 0 Å². The molecule has 2 aliphatic rings. The number of allylic oxidation sites excluding steroid dienone is 7. The molecule has 2 heteroatoms. The van der Waals surface area contributed by atoms with Gasteiger partial charge in [-0.1, -0.05) is 132 Å². The van der Waals surface area contributed by atoms with Crippen molar-refractivity contribution in [1.82, 2.24) is 0 Å². The molecule has 280 valence electrons. The molecule has 2 aliphatic carbocycles. The lowest BCUT2D eigenvalue weighted by Crippen LogP contribution is -2.12. The van der Waals surface area contributed by atoms with E-state index in [1.807, 2.05) is 6.08 Å². The van der Waals surface area contributed by atoms with Gasteiger partial charge in [-0.05, 0) is 157 Å². The average molecular weight is 736 g/mol. The third-order valence-corrected chi connectivity index (χ3v) is 13.0. The molecule has 2 saturated carbocycles. The van der Waals surface area contributed by atoms with E-state index >= 15 is 0 Å². The minimum atomic E-state index is 0.109. The van der Waals surface area contributed by atoms with Crippen molar-refractivity contribution in [1.29, 1.82) is 0 Å². The zero-order valence-corrected chi connectivity index (χ0v) is 35.3. The molecule has 0 spiro atoms. The lowest BCUT2D eigenvalue weighted by Gasteiger charge is -2.25. The van der Waals surface area contributed by atoms with E-state index in [1.54, 1.807) is 0 Å². The predicted octanol–water partition coefficient (Wildman–Crippen LogP) is 15.9. The van der Waals surface area contributed by atoms with Gasteiger partial charge in [-0.15, -0.1) is 18.2 Å². The second kappa shape index (κ2) is 19.0. The molecular weight excluding hydrogens is 668 g/mol. The van der Waals surface area contributed by atoms with Crippen molar-refractivity contribution in [2.24, 2.45) is 16.2 Å². The first-order chi connectivity index (χ1) is 24.7. The molecule has 3 aromatic carbocycles. The molecule has 0 radical (unpaired) electrons. The highest BCUT2D eigenvalue weighted by Crippen LogP contribution is 2.54. The molecule has 0 bridgehead atoms. The van der Waals surface area contributed by atoms with Crippen molar-refractivity contribution in [2.45, 2.75) is 130 Å². The Kier molecular flexibility index (Phi) is 15.4. The molecule has 0 aliphatic heterocycles. The number of halogens is 1. The van der Waals surface area contributed by atoms with Gasteiger partial charge in [0.25, 0.3) is 0 Å². The molecule has 0 aromatic heterocycles. The third-order valence-electron chi connectivity index (χ3n) is 11.1. The van der Waals surface area contributed by atoms with Gasteiger partial charge in [0.1, 0.15) is 0 Å². The van der Waals surface area contributed by atoms with Crippen LogP contribution < -0.4 is 0 Å². The SMILES string of the molecule is C=C(CC)CC1(C)CC1.C=C/C=C(\C(=C/C)CCCc1cccc(C(Cc2ccc3ccc(CCl)cc3c2)SCC2(CC(=C)C)CC2)c1)C(C)(C)C. The summed E-state index contributed by atoms with van der Waals surface area (Å²) in [6, 6.07) is 23.0. The topological polar surface area (TPSA) is 0 Å². The number of benzene rings is 3. The largest absolute Gasteiger partial charge is 0.153 e. The minimum Gasteiger partial charge on any atom is -0.153 e. The maximum Gasteiger partial charge on any atom is 0.0474 e. The van der Waals surface area contributed by atoms with Crippen LogP contribution in [0.3, 0.4) is 0 Å². The van der Waals surface area contributed by atoms with Crippen molar-refractivity contribution >= 4 is 34.1 Å². The molecule has 0 nitrogen and oxygen atoms in total. The van der Waals surface area contributed by atoms with Gasteiger partial charge in [0.2, 0.25) is 0 Å². The van der Waals surface area contributed by atoms with Crippen molar-refractivity contribution in [3.63, 3.8) is 0 Å². The van der Waals surface area contributed by atoms with E-state index in [1.165, 1.54) is 93.2 Å². The number of thioether (sulfide) groups is 1. The Morgan fingerprint density at radius 3 is 2.19 bits per heavy atom. The van der Waals surface area contributed by atoms with Crippen molar-refractivity contribution < 1.29 is 0 Å². The van der Waals surface area contributed by atoms with Gasteiger partial charge in [0.05, 0.1) is 0 Å². The van der Waals surface area contributed by atoms with Crippen LogP contribution in [0, 0.1) is 16.2 Å². The first kappa shape index (κ1) is 42.0. The Hall–Kier alpha value is -2.74. The number of hydrogen-bond donors (Lipinski definition) is 0. The van der Waals surface area contributed by atoms with Crippen LogP contribution in [-0.4, -0.2) is 5.75 Å². The zero-order valence-electron chi connectivity index (χ0n) is 33.7. The molecule has 3 aromatic rings. The molecule has 0 N–H and O–H groups in total. The molecular formula is C50H67ClS. The molecule has 5 rings (SSSR count). The number of alkyl halides is 1. The monoisotopic (exact) mass is 734 g/mol. The number of hydrogen-bond acceptors (Lipinski definition) is 1. The van der Waals surface area contributed by atoms with Crippen LogP contribution in [0.15, 0.2) is 121 Å². The Morgan fingerprint density at radius 2 is 1.62 bits per heavy atom. The van der Waals surface area contributed by atoms with Gasteiger partial charge in [-0.3, -0.25) is 0 Å². The van der Waals surface area contributed by atoms with E-state index in [4.69, 9.17) is 11.6 Å². The third kappa shape index (κ3) is 13.0. The van der Waals surface area contributed by atoms with Gasteiger partial charge in [-0.25, -0.2) is 0 Å². The van der Waals surface area contributed by atoms with Crippen LogP contribution in [-0.2, 0) is 18.7 Å². The maximum atomic E-state index is 6.16. The van der Waals surface area contributed by atoms with Gasteiger partial charge in [-0.2, -0.15) is 11.8 Å². The number of aryl methyl sites for hydroxylation is 1. The highest BCUT2D eigenvalue weighted by atomic mass is 35.5. The first-order valence-corrected chi connectivity index (χ1v) is 21.4. The van der Waals surface area contributed by atoms with E-state index in [-0.39, 0.29) is 5.41 Å². The summed E-state index contributed by atoms with van der Waals surface area (Å²) in [5.41, 5.74) is 12.3. The first-order valence-electron chi connectivity index (χ1n) is 19.8. The number of fused-ring (bicyclic) bond motifs is 1. The lowest BCUT2D eigenvalue weighted by atomic mass is 9.79. The molecule has 0 saturated heterocycles. The summed E-state index contributed by atoms with van der Waals surface area (Å²) in [4.78, 5) is 0. The average Bonchev–Trinajstić information content (AvgIpc) is 4.05. The van der Waals surface area contributed by atoms with Crippen LogP contribution in [0.25, 0.3) is 10.8 Å². The van der Waals surface area contributed by atoms with Crippen LogP contribution in [0.1, 0.15) is 134 Å². The summed E-state index contributed by atoms with van der Waals surface area (Å²) in [6.45, 7) is 28.0. The summed E-state index contributed by atoms with van der Waals surface area (Å²) in [7, 11) is 0. The van der Waals surface area contributed by atoms with Crippen LogP contribution in [0.4, 0.5) is 0 Å². The molecule has 0 amide bonds. The van der Waals surface area contributed by atoms with E-state index in [0.717, 1.165) is 38.5 Å². The molecule has 2 fully saturated rings. The van der Waals surface area contributed by atoms with Crippen LogP contribution in [0.2, 0.25) is 0 Å². The maximum absolute atomic E-state index is 6.16. The summed E-state index contributed by atoms with van der Waals surface area (Å²) in [6.07, 6.45) is 19.9. The van der Waals surface area contributed by atoms with Crippen molar-refractivity contribution in [2.75, 3.05) is 5.75 Å². The summed E-state index contributed by atoms with van der Waals surface area (Å²) in [5, 5.41) is 2.99. The lowest BCUT2D eigenvalue weighted by molar-refractivity contribution is 0.505. The van der Waals surface area contributed by atoms with E-state index in [9.17, 15) is 0 Å². The standard InChI is InChI=1S/C41H51ClS.C9H16/c1-8-12-38(40(5,6)7)34(9-2)15-10-13-31-14-11-16-36(23-31)39(43-29-41(21-22-41)27-30(3)4)26-32-17-19-35-20-18-33(28-42)25-37(35)24-32;1-4-8(2)7-9(3)5-6-9/h8-9,11-12,14,16-20,23-25,39H,1,3,10,13,15,21-22,26-29H2,2,4-7H3;2,4-7H2,1,3H3/b34-9-,38-12+;. The molecule has 1 atom stereocenters. The van der Waals surface area contributed by atoms with Gasteiger partial charge < -0.3 is 0 Å². The Balaban J connectivity index is 0.000000585. The number of rotatable bonds is 18. The van der Waals surface area contributed by atoms with Crippen LogP contribution in [0.5, 0.6) is 0 Å². The van der Waals surface area contributed by atoms with E-state index < -0.39 is 0 Å². The smallest absolute Gasteiger partial charge is 0.0474 e. The van der Waals surface area contributed by atoms with E-state index in [0.29, 0.717) is 22.0 Å². The zero-order chi connectivity index (χ0) is 37.9. The molecule has 52 heavy (non-hydrogen) atoms. The Labute approximate surface area is 328 Å².